The number of aliphatic hydroxyl groups excluding tert-OH is 1. The minimum atomic E-state index is 0.0956. The second-order valence-electron chi connectivity index (χ2n) is 3.78. The molecule has 0 aromatic rings. The molecule has 0 heterocycles. The van der Waals surface area contributed by atoms with Gasteiger partial charge < -0.3 is 9.84 Å². The average Bonchev–Trinajstić information content (AvgIpc) is 2.21. The van der Waals surface area contributed by atoms with E-state index in [1.165, 1.54) is 0 Å². The quantitative estimate of drug-likeness (QED) is 0.399. The molecular weight excluding hydrogens is 190 g/mol. The van der Waals surface area contributed by atoms with Crippen molar-refractivity contribution in [1.29, 1.82) is 0 Å². The van der Waals surface area contributed by atoms with Crippen LogP contribution < -0.4 is 0 Å². The summed E-state index contributed by atoms with van der Waals surface area (Å²) >= 11 is 0. The van der Waals surface area contributed by atoms with E-state index in [0.29, 0.717) is 18.9 Å². The van der Waals surface area contributed by atoms with E-state index in [9.17, 15) is 0 Å². The van der Waals surface area contributed by atoms with E-state index >= 15 is 0 Å². The largest absolute Gasteiger partial charge is 0.498 e. The normalized spacial score (nSPS) is 13.1. The van der Waals surface area contributed by atoms with Gasteiger partial charge in [-0.1, -0.05) is 13.8 Å². The third-order valence-corrected chi connectivity index (χ3v) is 1.72. The van der Waals surface area contributed by atoms with Crippen LogP contribution in [-0.2, 0) is 4.74 Å². The third kappa shape index (κ3) is 7.94. The average molecular weight is 211 g/mol. The van der Waals surface area contributed by atoms with Gasteiger partial charge in [-0.05, 0) is 31.7 Å². The number of nitrogens with zero attached hydrogens (tertiary/aromatic N) is 1. The number of aliphatic hydroxyl groups is 1. The number of hydrogen-bond donors (Lipinski definition) is 1. The van der Waals surface area contributed by atoms with Crippen molar-refractivity contribution in [2.75, 3.05) is 13.2 Å². The fourth-order valence-corrected chi connectivity index (χ4v) is 0.854. The van der Waals surface area contributed by atoms with Crippen LogP contribution in [0.4, 0.5) is 0 Å². The zero-order valence-electron chi connectivity index (χ0n) is 9.86. The van der Waals surface area contributed by atoms with E-state index in [1.54, 1.807) is 0 Å². The standard InChI is InChI=1S/C12H21NO2/c1-10(2)9-15-12(7-8-14)6-5-11(3)13-4/h5-6,10,14H,4,7-9H2,1-3H3/b11-5-,12-6+. The Labute approximate surface area is 92.2 Å². The van der Waals surface area contributed by atoms with Gasteiger partial charge in [-0.15, -0.1) is 0 Å². The Morgan fingerprint density at radius 3 is 2.60 bits per heavy atom. The first-order valence-corrected chi connectivity index (χ1v) is 5.18. The van der Waals surface area contributed by atoms with Crippen LogP contribution in [0.5, 0.6) is 0 Å². The maximum Gasteiger partial charge on any atom is 0.0983 e. The molecule has 86 valence electrons. The second kappa shape index (κ2) is 8.24. The molecule has 0 saturated carbocycles. The zero-order chi connectivity index (χ0) is 11.7. The molecule has 0 aliphatic rings. The van der Waals surface area contributed by atoms with Crippen LogP contribution in [0.1, 0.15) is 27.2 Å². The van der Waals surface area contributed by atoms with E-state index in [2.05, 4.69) is 25.6 Å². The first kappa shape index (κ1) is 13.9. The van der Waals surface area contributed by atoms with Crippen molar-refractivity contribution < 1.29 is 9.84 Å². The lowest BCUT2D eigenvalue weighted by molar-refractivity contribution is 0.157. The highest BCUT2D eigenvalue weighted by Crippen LogP contribution is 2.07. The van der Waals surface area contributed by atoms with E-state index < -0.39 is 0 Å². The van der Waals surface area contributed by atoms with Crippen LogP contribution in [0.3, 0.4) is 0 Å². The molecule has 0 unspecified atom stereocenters. The number of allylic oxidation sites excluding steroid dienone is 3. The van der Waals surface area contributed by atoms with E-state index in [-0.39, 0.29) is 6.61 Å². The molecule has 15 heavy (non-hydrogen) atoms. The van der Waals surface area contributed by atoms with Gasteiger partial charge in [0.25, 0.3) is 0 Å². The Kier molecular flexibility index (Phi) is 7.64. The summed E-state index contributed by atoms with van der Waals surface area (Å²) in [4.78, 5) is 3.76. The van der Waals surface area contributed by atoms with Crippen molar-refractivity contribution in [3.8, 4) is 0 Å². The molecule has 0 atom stereocenters. The van der Waals surface area contributed by atoms with Gasteiger partial charge >= 0.3 is 0 Å². The molecule has 0 amide bonds. The Morgan fingerprint density at radius 2 is 2.13 bits per heavy atom. The van der Waals surface area contributed by atoms with Crippen molar-refractivity contribution in [3.05, 3.63) is 23.6 Å². The fourth-order valence-electron chi connectivity index (χ4n) is 0.854. The van der Waals surface area contributed by atoms with Gasteiger partial charge in [-0.2, -0.15) is 0 Å². The second-order valence-corrected chi connectivity index (χ2v) is 3.78. The molecule has 0 aromatic carbocycles. The lowest BCUT2D eigenvalue weighted by atomic mass is 10.2. The van der Waals surface area contributed by atoms with Crippen molar-refractivity contribution in [2.45, 2.75) is 27.2 Å². The summed E-state index contributed by atoms with van der Waals surface area (Å²) < 4.78 is 5.53. The van der Waals surface area contributed by atoms with Gasteiger partial charge in [0.05, 0.1) is 19.0 Å². The Balaban J connectivity index is 4.30. The highest BCUT2D eigenvalue weighted by atomic mass is 16.5. The summed E-state index contributed by atoms with van der Waals surface area (Å²) in [6.07, 6.45) is 4.20. The summed E-state index contributed by atoms with van der Waals surface area (Å²) in [5.41, 5.74) is 0.832. The summed E-state index contributed by atoms with van der Waals surface area (Å²) in [5, 5.41) is 8.85. The van der Waals surface area contributed by atoms with E-state index in [0.717, 1.165) is 11.5 Å². The molecule has 0 aliphatic carbocycles. The van der Waals surface area contributed by atoms with Gasteiger partial charge in [-0.25, -0.2) is 0 Å². The molecule has 0 rings (SSSR count). The molecule has 0 saturated heterocycles. The predicted octanol–water partition coefficient (Wildman–Crippen LogP) is 2.53. The van der Waals surface area contributed by atoms with Crippen LogP contribution in [-0.4, -0.2) is 25.0 Å². The molecule has 3 nitrogen and oxygen atoms in total. The smallest absolute Gasteiger partial charge is 0.0983 e. The molecule has 0 aliphatic heterocycles. The SMILES string of the molecule is C=N/C(C)=C\C=C(/CCO)OCC(C)C. The monoisotopic (exact) mass is 211 g/mol. The molecule has 0 bridgehead atoms. The first-order valence-electron chi connectivity index (χ1n) is 5.18. The minimum absolute atomic E-state index is 0.0956. The fraction of sp³-hybridized carbons (Fsp3) is 0.583. The molecule has 0 spiro atoms. The zero-order valence-corrected chi connectivity index (χ0v) is 9.86. The third-order valence-electron chi connectivity index (χ3n) is 1.72. The summed E-state index contributed by atoms with van der Waals surface area (Å²) in [6, 6.07) is 0. The van der Waals surface area contributed by atoms with E-state index in [4.69, 9.17) is 9.84 Å². The van der Waals surface area contributed by atoms with Crippen LogP contribution in [0.15, 0.2) is 28.6 Å². The van der Waals surface area contributed by atoms with Gasteiger partial charge in [0.2, 0.25) is 0 Å². The highest BCUT2D eigenvalue weighted by Gasteiger charge is 1.99. The maximum atomic E-state index is 8.85. The van der Waals surface area contributed by atoms with E-state index in [1.807, 2.05) is 19.1 Å². The Hall–Kier alpha value is -1.09. The Morgan fingerprint density at radius 1 is 1.47 bits per heavy atom. The molecule has 0 aromatic heterocycles. The highest BCUT2D eigenvalue weighted by molar-refractivity contribution is 5.29. The molecule has 0 fully saturated rings. The molecule has 1 N–H and O–H groups in total. The first-order chi connectivity index (χ1) is 7.10. The topological polar surface area (TPSA) is 41.8 Å². The van der Waals surface area contributed by atoms with Crippen LogP contribution in [0.25, 0.3) is 0 Å². The van der Waals surface area contributed by atoms with Gasteiger partial charge in [0.15, 0.2) is 0 Å². The minimum Gasteiger partial charge on any atom is -0.498 e. The summed E-state index contributed by atoms with van der Waals surface area (Å²) in [5.74, 6) is 1.27. The maximum absolute atomic E-state index is 8.85. The number of hydrogen-bond acceptors (Lipinski definition) is 3. The predicted molar refractivity (Wildman–Crippen MR) is 63.9 cm³/mol. The van der Waals surface area contributed by atoms with Crippen molar-refractivity contribution in [3.63, 3.8) is 0 Å². The Bertz CT molecular complexity index is 242. The van der Waals surface area contributed by atoms with Crippen LogP contribution in [0.2, 0.25) is 0 Å². The lowest BCUT2D eigenvalue weighted by Crippen LogP contribution is -2.03. The summed E-state index contributed by atoms with van der Waals surface area (Å²) in [6.45, 7) is 10.2. The van der Waals surface area contributed by atoms with Crippen molar-refractivity contribution >= 4 is 6.72 Å². The lowest BCUT2D eigenvalue weighted by Gasteiger charge is -2.10. The molecule has 0 radical (unpaired) electrons. The molecule has 3 heteroatoms. The number of ether oxygens (including phenoxy) is 1. The number of rotatable bonds is 7. The van der Waals surface area contributed by atoms with Gasteiger partial charge in [0, 0.05) is 12.1 Å². The molecular formula is C12H21NO2. The van der Waals surface area contributed by atoms with Crippen LogP contribution in [0, 0.1) is 5.92 Å². The van der Waals surface area contributed by atoms with Gasteiger partial charge in [0.1, 0.15) is 0 Å². The summed E-state index contributed by atoms with van der Waals surface area (Å²) in [7, 11) is 0. The van der Waals surface area contributed by atoms with Crippen molar-refractivity contribution in [1.82, 2.24) is 0 Å². The van der Waals surface area contributed by atoms with Crippen molar-refractivity contribution in [2.24, 2.45) is 10.9 Å². The van der Waals surface area contributed by atoms with Crippen LogP contribution >= 0.6 is 0 Å². The number of aliphatic imine (C=N–C) groups is 1. The van der Waals surface area contributed by atoms with Gasteiger partial charge in [-0.3, -0.25) is 4.99 Å².